The lowest BCUT2D eigenvalue weighted by Crippen LogP contribution is -2.41. The van der Waals surface area contributed by atoms with E-state index >= 15 is 0 Å². The molecule has 1 aromatic carbocycles. The van der Waals surface area contributed by atoms with Crippen molar-refractivity contribution in [2.24, 2.45) is 0 Å². The van der Waals surface area contributed by atoms with Gasteiger partial charge < -0.3 is 14.6 Å². The maximum Gasteiger partial charge on any atom is 0.336 e. The summed E-state index contributed by atoms with van der Waals surface area (Å²) in [7, 11) is -3.85. The number of carbonyl (C=O) groups is 1. The van der Waals surface area contributed by atoms with Crippen LogP contribution in [0.15, 0.2) is 17.0 Å². The molecule has 0 spiro atoms. The first-order valence-corrected chi connectivity index (χ1v) is 8.25. The van der Waals surface area contributed by atoms with Gasteiger partial charge in [-0.05, 0) is 44.0 Å². The Morgan fingerprint density at radius 2 is 1.91 bits per heavy atom. The Morgan fingerprint density at radius 1 is 1.32 bits per heavy atom. The third-order valence-electron chi connectivity index (χ3n) is 3.66. The summed E-state index contributed by atoms with van der Waals surface area (Å²) in [6.07, 6.45) is 0. The predicted octanol–water partition coefficient (Wildman–Crippen LogP) is 1.04. The van der Waals surface area contributed by atoms with Crippen LogP contribution in [0.2, 0.25) is 0 Å². The molecular weight excluding hydrogens is 310 g/mol. The van der Waals surface area contributed by atoms with E-state index in [4.69, 9.17) is 14.6 Å². The normalized spacial score (nSPS) is 17.6. The summed E-state index contributed by atoms with van der Waals surface area (Å²) in [5, 5.41) is 9.17. The van der Waals surface area contributed by atoms with Crippen molar-refractivity contribution in [3.63, 3.8) is 0 Å². The molecule has 1 fully saturated rings. The lowest BCUT2D eigenvalue weighted by Gasteiger charge is -2.22. The summed E-state index contributed by atoms with van der Waals surface area (Å²) in [6.45, 7) is 5.72. The van der Waals surface area contributed by atoms with E-state index in [1.165, 1.54) is 6.07 Å². The molecule has 0 aromatic heterocycles. The zero-order valence-electron chi connectivity index (χ0n) is 12.7. The third-order valence-corrected chi connectivity index (χ3v) is 5.04. The first-order chi connectivity index (χ1) is 10.1. The van der Waals surface area contributed by atoms with Gasteiger partial charge in [0.05, 0.1) is 30.2 Å². The zero-order chi connectivity index (χ0) is 16.5. The molecule has 1 aliphatic heterocycles. The number of carboxylic acid groups (broad SMARTS) is 1. The summed E-state index contributed by atoms with van der Waals surface area (Å²) < 4.78 is 37.8. The first-order valence-electron chi connectivity index (χ1n) is 6.77. The maximum absolute atomic E-state index is 12.4. The minimum atomic E-state index is -3.85. The van der Waals surface area contributed by atoms with Gasteiger partial charge in [-0.1, -0.05) is 0 Å². The second-order valence-electron chi connectivity index (χ2n) is 5.37. The van der Waals surface area contributed by atoms with E-state index < -0.39 is 21.8 Å². The van der Waals surface area contributed by atoms with E-state index in [0.717, 1.165) is 6.07 Å². The molecule has 0 aliphatic carbocycles. The highest BCUT2D eigenvalue weighted by Crippen LogP contribution is 2.22. The average Bonchev–Trinajstić information content (AvgIpc) is 2.86. The van der Waals surface area contributed by atoms with Crippen LogP contribution in [0.3, 0.4) is 0 Å². The summed E-state index contributed by atoms with van der Waals surface area (Å²) in [6, 6.07) is 2.61. The second kappa shape index (κ2) is 5.96. The van der Waals surface area contributed by atoms with Gasteiger partial charge in [0, 0.05) is 0 Å². The lowest BCUT2D eigenvalue weighted by molar-refractivity contribution is -0.135. The monoisotopic (exact) mass is 329 g/mol. The Morgan fingerprint density at radius 3 is 2.45 bits per heavy atom. The molecule has 0 atom stereocenters. The molecule has 0 radical (unpaired) electrons. The summed E-state index contributed by atoms with van der Waals surface area (Å²) in [5.41, 5.74) is 1.11. The van der Waals surface area contributed by atoms with Crippen molar-refractivity contribution in [2.75, 3.05) is 19.8 Å². The number of hydrogen-bond acceptors (Lipinski definition) is 5. The largest absolute Gasteiger partial charge is 0.478 e. The van der Waals surface area contributed by atoms with Crippen molar-refractivity contribution < 1.29 is 27.8 Å². The fourth-order valence-corrected chi connectivity index (χ4v) is 3.40. The van der Waals surface area contributed by atoms with Gasteiger partial charge in [-0.2, -0.15) is 0 Å². The number of aromatic carboxylic acids is 1. The first kappa shape index (κ1) is 16.9. The second-order valence-corrected chi connectivity index (χ2v) is 7.14. The van der Waals surface area contributed by atoms with Crippen molar-refractivity contribution in [3.8, 4) is 0 Å². The number of aryl methyl sites for hydroxylation is 1. The van der Waals surface area contributed by atoms with E-state index in [2.05, 4.69) is 4.72 Å². The van der Waals surface area contributed by atoms with Crippen LogP contribution >= 0.6 is 0 Å². The Balaban J connectivity index is 2.27. The van der Waals surface area contributed by atoms with Crippen molar-refractivity contribution in [2.45, 2.75) is 31.5 Å². The fraction of sp³-hybridized carbons (Fsp3) is 0.500. The fourth-order valence-electron chi connectivity index (χ4n) is 2.17. The van der Waals surface area contributed by atoms with Crippen LogP contribution in [0.25, 0.3) is 0 Å². The number of benzene rings is 1. The quantitative estimate of drug-likeness (QED) is 0.837. The summed E-state index contributed by atoms with van der Waals surface area (Å²) in [4.78, 5) is 11.1. The molecule has 0 amide bonds. The van der Waals surface area contributed by atoms with Crippen LogP contribution in [-0.4, -0.2) is 45.0 Å². The number of rotatable bonds is 5. The highest BCUT2D eigenvalue weighted by atomic mass is 32.2. The number of carboxylic acids is 1. The SMILES string of the molecule is Cc1cc(S(=O)(=O)NCC2(C)OCCO2)cc(C(=O)O)c1C. The average molecular weight is 329 g/mol. The standard InChI is InChI=1S/C14H19NO6S/c1-9-6-11(7-12(10(9)2)13(16)17)22(18,19)15-8-14(3)20-4-5-21-14/h6-7,15H,4-5,8H2,1-3H3,(H,16,17). The molecule has 2 rings (SSSR count). The van der Waals surface area contributed by atoms with Gasteiger partial charge in [-0.15, -0.1) is 0 Å². The van der Waals surface area contributed by atoms with E-state index in [1.807, 2.05) is 0 Å². The Kier molecular flexibility index (Phi) is 4.57. The number of sulfonamides is 1. The molecular formula is C14H19NO6S. The molecule has 1 heterocycles. The van der Waals surface area contributed by atoms with E-state index in [1.54, 1.807) is 20.8 Å². The number of hydrogen-bond donors (Lipinski definition) is 2. The topological polar surface area (TPSA) is 102 Å². The van der Waals surface area contributed by atoms with Gasteiger partial charge in [-0.25, -0.2) is 17.9 Å². The van der Waals surface area contributed by atoms with Crippen LogP contribution in [0.1, 0.15) is 28.4 Å². The smallest absolute Gasteiger partial charge is 0.336 e. The molecule has 7 nitrogen and oxygen atoms in total. The molecule has 0 bridgehead atoms. The summed E-state index contributed by atoms with van der Waals surface area (Å²) >= 11 is 0. The van der Waals surface area contributed by atoms with E-state index in [0.29, 0.717) is 24.3 Å². The molecule has 122 valence electrons. The Hall–Kier alpha value is -1.48. The van der Waals surface area contributed by atoms with Gasteiger partial charge in [-0.3, -0.25) is 0 Å². The van der Waals surface area contributed by atoms with Gasteiger partial charge in [0.2, 0.25) is 10.0 Å². The molecule has 1 aromatic rings. The van der Waals surface area contributed by atoms with Crippen molar-refractivity contribution in [1.29, 1.82) is 0 Å². The van der Waals surface area contributed by atoms with Crippen LogP contribution in [-0.2, 0) is 19.5 Å². The van der Waals surface area contributed by atoms with Gasteiger partial charge in [0.25, 0.3) is 0 Å². The van der Waals surface area contributed by atoms with E-state index in [-0.39, 0.29) is 17.0 Å². The highest BCUT2D eigenvalue weighted by molar-refractivity contribution is 7.89. The number of ether oxygens (including phenoxy) is 2. The Labute approximate surface area is 129 Å². The van der Waals surface area contributed by atoms with Crippen molar-refractivity contribution in [3.05, 3.63) is 28.8 Å². The van der Waals surface area contributed by atoms with Crippen molar-refractivity contribution >= 4 is 16.0 Å². The molecule has 1 saturated heterocycles. The lowest BCUT2D eigenvalue weighted by atomic mass is 10.0. The molecule has 0 saturated carbocycles. The minimum Gasteiger partial charge on any atom is -0.478 e. The van der Waals surface area contributed by atoms with Gasteiger partial charge >= 0.3 is 5.97 Å². The van der Waals surface area contributed by atoms with Crippen LogP contribution in [0.4, 0.5) is 0 Å². The van der Waals surface area contributed by atoms with Crippen LogP contribution < -0.4 is 4.72 Å². The molecule has 0 unspecified atom stereocenters. The zero-order valence-corrected chi connectivity index (χ0v) is 13.5. The van der Waals surface area contributed by atoms with Gasteiger partial charge in [0.15, 0.2) is 5.79 Å². The highest BCUT2D eigenvalue weighted by Gasteiger charge is 2.33. The summed E-state index contributed by atoms with van der Waals surface area (Å²) in [5.74, 6) is -2.16. The molecule has 2 N–H and O–H groups in total. The third kappa shape index (κ3) is 3.46. The Bertz CT molecular complexity index is 692. The molecule has 8 heteroatoms. The number of nitrogens with one attached hydrogen (secondary N) is 1. The maximum atomic E-state index is 12.4. The van der Waals surface area contributed by atoms with Gasteiger partial charge in [0.1, 0.15) is 0 Å². The van der Waals surface area contributed by atoms with Crippen LogP contribution in [0, 0.1) is 13.8 Å². The van der Waals surface area contributed by atoms with E-state index in [9.17, 15) is 13.2 Å². The minimum absolute atomic E-state index is 0.0278. The molecule has 22 heavy (non-hydrogen) atoms. The van der Waals surface area contributed by atoms with Crippen molar-refractivity contribution in [1.82, 2.24) is 4.72 Å². The van der Waals surface area contributed by atoms with Crippen LogP contribution in [0.5, 0.6) is 0 Å². The predicted molar refractivity (Wildman–Crippen MR) is 78.4 cm³/mol. The molecule has 1 aliphatic rings.